The van der Waals surface area contributed by atoms with Crippen LogP contribution >= 0.6 is 7.26 Å². The van der Waals surface area contributed by atoms with E-state index in [2.05, 4.69) is 85.8 Å². The molecule has 0 spiro atoms. The van der Waals surface area contributed by atoms with E-state index in [1.807, 2.05) is 12.2 Å². The second kappa shape index (κ2) is 6.19. The van der Waals surface area contributed by atoms with E-state index in [0.29, 0.717) is 0 Å². The minimum absolute atomic E-state index is 1.11. The average Bonchev–Trinajstić information content (AvgIpc) is 2.59. The molecule has 0 aliphatic heterocycles. The summed E-state index contributed by atoms with van der Waals surface area (Å²) in [6.45, 7) is 2.30. The van der Waals surface area contributed by atoms with Crippen LogP contribution in [0.25, 0.3) is 0 Å². The smallest absolute Gasteiger partial charge is 0.0620 e. The van der Waals surface area contributed by atoms with Crippen LogP contribution in [-0.4, -0.2) is 6.16 Å². The Bertz CT molecular complexity index is 639. The van der Waals surface area contributed by atoms with Crippen LogP contribution in [0.15, 0.2) is 90.3 Å². The number of rotatable bonds is 4. The Kier molecular flexibility index (Phi) is 4.11. The Hall–Kier alpha value is -2.00. The molecule has 0 bridgehead atoms. The van der Waals surface area contributed by atoms with Crippen LogP contribution in [0.2, 0.25) is 0 Å². The molecular formula is C20H19P+2. The zero-order valence-electron chi connectivity index (χ0n) is 12.2. The summed E-state index contributed by atoms with van der Waals surface area (Å²) in [5, 5.41) is 4.20. The molecule has 2 aromatic rings. The first kappa shape index (κ1) is 14.0. The first-order chi connectivity index (χ1) is 10.4. The van der Waals surface area contributed by atoms with Gasteiger partial charge in [0, 0.05) is 6.08 Å². The minimum Gasteiger partial charge on any atom is -0.0620 e. The SMILES string of the molecule is CC[P+](C1=[C+]C=CC=C1)(c1ccccc1)c1ccccc1. The van der Waals surface area contributed by atoms with Gasteiger partial charge in [-0.15, -0.1) is 0 Å². The number of benzene rings is 2. The monoisotopic (exact) mass is 290 g/mol. The molecule has 1 heteroatoms. The summed E-state index contributed by atoms with van der Waals surface area (Å²) in [5.41, 5.74) is 0. The average molecular weight is 290 g/mol. The maximum atomic E-state index is 3.51. The summed E-state index contributed by atoms with van der Waals surface area (Å²) in [4.78, 5) is 0. The standard InChI is InChI=1S/C20H19P/c1-2-21(18-12-6-3-7-13-18,19-14-8-4-9-15-19)20-16-10-5-11-17-20/h3-16H,2H2,1H3/q+2. The zero-order chi connectivity index (χ0) is 14.5. The van der Waals surface area contributed by atoms with Crippen LogP contribution in [0.3, 0.4) is 0 Å². The Labute approximate surface area is 127 Å². The predicted octanol–water partition coefficient (Wildman–Crippen LogP) is 4.49. The van der Waals surface area contributed by atoms with E-state index >= 15 is 0 Å². The lowest BCUT2D eigenvalue weighted by atomic mass is 10.3. The van der Waals surface area contributed by atoms with Crippen molar-refractivity contribution in [2.75, 3.05) is 6.16 Å². The van der Waals surface area contributed by atoms with Crippen molar-refractivity contribution >= 4 is 17.9 Å². The third kappa shape index (κ3) is 2.49. The maximum absolute atomic E-state index is 3.51. The third-order valence-corrected chi connectivity index (χ3v) is 8.38. The van der Waals surface area contributed by atoms with Crippen molar-refractivity contribution in [2.45, 2.75) is 6.92 Å². The van der Waals surface area contributed by atoms with E-state index in [-0.39, 0.29) is 0 Å². The van der Waals surface area contributed by atoms with Gasteiger partial charge in [-0.3, -0.25) is 0 Å². The normalized spacial score (nSPS) is 13.7. The molecule has 0 nitrogen and oxygen atoms in total. The highest BCUT2D eigenvalue weighted by Crippen LogP contribution is 2.63. The molecule has 21 heavy (non-hydrogen) atoms. The van der Waals surface area contributed by atoms with Crippen molar-refractivity contribution in [3.8, 4) is 0 Å². The summed E-state index contributed by atoms with van der Waals surface area (Å²) >= 11 is 0. The van der Waals surface area contributed by atoms with Gasteiger partial charge < -0.3 is 0 Å². The summed E-state index contributed by atoms with van der Waals surface area (Å²) < 4.78 is 0. The van der Waals surface area contributed by atoms with Crippen molar-refractivity contribution in [3.05, 3.63) is 96.4 Å². The van der Waals surface area contributed by atoms with Crippen LogP contribution < -0.4 is 10.6 Å². The fourth-order valence-electron chi connectivity index (χ4n) is 2.95. The molecule has 0 N–H and O–H groups in total. The van der Waals surface area contributed by atoms with Gasteiger partial charge in [0.25, 0.3) is 5.31 Å². The molecule has 0 unspecified atom stereocenters. The summed E-state index contributed by atoms with van der Waals surface area (Å²) in [6, 6.07) is 21.8. The number of allylic oxidation sites excluding steroid dienone is 6. The molecule has 0 saturated heterocycles. The molecule has 0 heterocycles. The van der Waals surface area contributed by atoms with Crippen molar-refractivity contribution < 1.29 is 0 Å². The van der Waals surface area contributed by atoms with Crippen molar-refractivity contribution in [1.29, 1.82) is 0 Å². The first-order valence-electron chi connectivity index (χ1n) is 7.34. The highest BCUT2D eigenvalue weighted by atomic mass is 31.2. The summed E-state index contributed by atoms with van der Waals surface area (Å²) in [5.74, 6) is 0. The fraction of sp³-hybridized carbons (Fsp3) is 0.100. The Morgan fingerprint density at radius 2 is 1.38 bits per heavy atom. The minimum atomic E-state index is -1.59. The summed E-state index contributed by atoms with van der Waals surface area (Å²) in [6.07, 6.45) is 13.1. The molecule has 2 aromatic carbocycles. The van der Waals surface area contributed by atoms with E-state index in [1.165, 1.54) is 15.9 Å². The number of hydrogen-bond acceptors (Lipinski definition) is 0. The Morgan fingerprint density at radius 3 is 1.81 bits per heavy atom. The molecule has 0 radical (unpaired) electrons. The molecule has 102 valence electrons. The van der Waals surface area contributed by atoms with Gasteiger partial charge in [-0.25, -0.2) is 0 Å². The highest BCUT2D eigenvalue weighted by Gasteiger charge is 2.48. The molecule has 0 saturated carbocycles. The lowest BCUT2D eigenvalue weighted by Gasteiger charge is -2.23. The molecular weight excluding hydrogens is 271 g/mol. The second-order valence-electron chi connectivity index (χ2n) is 5.04. The molecule has 0 amide bonds. The quantitative estimate of drug-likeness (QED) is 0.575. The molecule has 0 aromatic heterocycles. The van der Waals surface area contributed by atoms with E-state index in [9.17, 15) is 0 Å². The van der Waals surface area contributed by atoms with Crippen LogP contribution in [0.4, 0.5) is 0 Å². The van der Waals surface area contributed by atoms with Gasteiger partial charge in [0.1, 0.15) is 23.9 Å². The van der Waals surface area contributed by atoms with E-state index in [4.69, 9.17) is 0 Å². The van der Waals surface area contributed by atoms with Gasteiger partial charge in [0.05, 0.1) is 24.4 Å². The van der Waals surface area contributed by atoms with Gasteiger partial charge in [-0.2, -0.15) is 0 Å². The molecule has 0 fully saturated rings. The largest absolute Gasteiger partial charge is 0.261 e. The third-order valence-electron chi connectivity index (χ3n) is 3.97. The van der Waals surface area contributed by atoms with Crippen molar-refractivity contribution in [1.82, 2.24) is 0 Å². The topological polar surface area (TPSA) is 0 Å². The predicted molar refractivity (Wildman–Crippen MR) is 94.6 cm³/mol. The van der Waals surface area contributed by atoms with Crippen LogP contribution in [-0.2, 0) is 0 Å². The Balaban J connectivity index is 2.26. The first-order valence-corrected chi connectivity index (χ1v) is 9.32. The van der Waals surface area contributed by atoms with Gasteiger partial charge >= 0.3 is 0 Å². The maximum Gasteiger partial charge on any atom is 0.261 e. The van der Waals surface area contributed by atoms with Gasteiger partial charge in [0.15, 0.2) is 0 Å². The molecule has 0 atom stereocenters. The van der Waals surface area contributed by atoms with Gasteiger partial charge in [-0.05, 0) is 31.2 Å². The lowest BCUT2D eigenvalue weighted by molar-refractivity contribution is 1.47. The fourth-order valence-corrected chi connectivity index (χ4v) is 6.87. The Morgan fingerprint density at radius 1 is 0.810 bits per heavy atom. The second-order valence-corrected chi connectivity index (χ2v) is 8.81. The number of hydrogen-bond donors (Lipinski definition) is 0. The van der Waals surface area contributed by atoms with E-state index in [0.717, 1.165) is 6.16 Å². The van der Waals surface area contributed by atoms with E-state index in [1.54, 1.807) is 0 Å². The highest BCUT2D eigenvalue weighted by molar-refractivity contribution is 7.93. The van der Waals surface area contributed by atoms with Crippen LogP contribution in [0, 0.1) is 6.08 Å². The van der Waals surface area contributed by atoms with Crippen LogP contribution in [0.1, 0.15) is 6.92 Å². The molecule has 1 aliphatic carbocycles. The lowest BCUT2D eigenvalue weighted by Crippen LogP contribution is -2.25. The van der Waals surface area contributed by atoms with Gasteiger partial charge in [0.2, 0.25) is 0 Å². The molecule has 1 aliphatic rings. The molecule has 3 rings (SSSR count). The van der Waals surface area contributed by atoms with Crippen molar-refractivity contribution in [2.24, 2.45) is 0 Å². The van der Waals surface area contributed by atoms with Crippen molar-refractivity contribution in [3.63, 3.8) is 0 Å². The van der Waals surface area contributed by atoms with E-state index < -0.39 is 7.26 Å². The zero-order valence-corrected chi connectivity index (χ0v) is 13.1. The summed E-state index contributed by atoms with van der Waals surface area (Å²) in [7, 11) is -1.59. The van der Waals surface area contributed by atoms with Crippen LogP contribution in [0.5, 0.6) is 0 Å². The van der Waals surface area contributed by atoms with Gasteiger partial charge in [-0.1, -0.05) is 36.4 Å².